The van der Waals surface area contributed by atoms with E-state index in [1.54, 1.807) is 0 Å². The van der Waals surface area contributed by atoms with Crippen LogP contribution in [0.3, 0.4) is 0 Å². The van der Waals surface area contributed by atoms with Gasteiger partial charge in [-0.05, 0) is 31.1 Å². The molecule has 2 N–H and O–H groups in total. The average Bonchev–Trinajstić information content (AvgIpc) is 2.23. The highest BCUT2D eigenvalue weighted by molar-refractivity contribution is 4.70. The van der Waals surface area contributed by atoms with Gasteiger partial charge in [-0.15, -0.1) is 0 Å². The molecule has 0 aromatic carbocycles. The molecule has 0 radical (unpaired) electrons. The maximum atomic E-state index is 9.77. The van der Waals surface area contributed by atoms with Gasteiger partial charge >= 0.3 is 0 Å². The van der Waals surface area contributed by atoms with Crippen molar-refractivity contribution in [3.63, 3.8) is 0 Å². The predicted octanol–water partition coefficient (Wildman–Crippen LogP) is 2.58. The third kappa shape index (κ3) is 4.97. The maximum absolute atomic E-state index is 9.77. The highest BCUT2D eigenvalue weighted by Gasteiger charge is 2.19. The van der Waals surface area contributed by atoms with Crippen LogP contribution < -0.4 is 0 Å². The molecule has 3 unspecified atom stereocenters. The number of aliphatic hydroxyl groups is 2. The first-order valence-electron chi connectivity index (χ1n) is 5.98. The molecule has 0 aromatic heterocycles. The third-order valence-corrected chi connectivity index (χ3v) is 3.24. The summed E-state index contributed by atoms with van der Waals surface area (Å²) in [4.78, 5) is 0. The lowest BCUT2D eigenvalue weighted by atomic mass is 9.85. The second-order valence-electron chi connectivity index (χ2n) is 4.17. The van der Waals surface area contributed by atoms with Gasteiger partial charge in [-0.1, -0.05) is 33.6 Å². The lowest BCUT2D eigenvalue weighted by Gasteiger charge is -2.24. The smallest absolute Gasteiger partial charge is 0.0565 e. The van der Waals surface area contributed by atoms with Crippen LogP contribution in [0.5, 0.6) is 0 Å². The molecule has 0 saturated heterocycles. The molecule has 0 heterocycles. The molecule has 14 heavy (non-hydrogen) atoms. The van der Waals surface area contributed by atoms with Gasteiger partial charge in [-0.2, -0.15) is 0 Å². The molecule has 0 aromatic rings. The SMILES string of the molecule is CCC(CCO)CC(CC)C(O)CC. The predicted molar refractivity (Wildman–Crippen MR) is 60.2 cm³/mol. The molecule has 86 valence electrons. The Balaban J connectivity index is 3.99. The molecule has 2 nitrogen and oxygen atoms in total. The molecule has 0 amide bonds. The van der Waals surface area contributed by atoms with E-state index in [0.717, 1.165) is 32.1 Å². The second-order valence-corrected chi connectivity index (χ2v) is 4.17. The van der Waals surface area contributed by atoms with Gasteiger partial charge in [0.05, 0.1) is 6.10 Å². The maximum Gasteiger partial charge on any atom is 0.0565 e. The van der Waals surface area contributed by atoms with E-state index in [4.69, 9.17) is 5.11 Å². The Morgan fingerprint density at radius 3 is 2.00 bits per heavy atom. The van der Waals surface area contributed by atoms with Crippen molar-refractivity contribution in [2.24, 2.45) is 11.8 Å². The summed E-state index contributed by atoms with van der Waals surface area (Å²) in [6.07, 6.45) is 4.76. The van der Waals surface area contributed by atoms with E-state index in [1.807, 2.05) is 6.92 Å². The summed E-state index contributed by atoms with van der Waals surface area (Å²) >= 11 is 0. The zero-order valence-electron chi connectivity index (χ0n) is 9.87. The van der Waals surface area contributed by atoms with Crippen LogP contribution in [-0.4, -0.2) is 22.9 Å². The van der Waals surface area contributed by atoms with Crippen molar-refractivity contribution in [2.75, 3.05) is 6.61 Å². The standard InChI is InChI=1S/C12H26O2/c1-4-10(7-8-13)9-11(5-2)12(14)6-3/h10-14H,4-9H2,1-3H3. The van der Waals surface area contributed by atoms with Crippen LogP contribution in [0.4, 0.5) is 0 Å². The fourth-order valence-electron chi connectivity index (χ4n) is 2.03. The molecule has 3 atom stereocenters. The summed E-state index contributed by atoms with van der Waals surface area (Å²) in [5, 5.41) is 18.7. The van der Waals surface area contributed by atoms with Crippen LogP contribution >= 0.6 is 0 Å². The highest BCUT2D eigenvalue weighted by Crippen LogP contribution is 2.25. The fraction of sp³-hybridized carbons (Fsp3) is 1.00. The lowest BCUT2D eigenvalue weighted by Crippen LogP contribution is -2.22. The van der Waals surface area contributed by atoms with Crippen molar-refractivity contribution in [2.45, 2.75) is 59.0 Å². The van der Waals surface area contributed by atoms with E-state index in [0.29, 0.717) is 11.8 Å². The van der Waals surface area contributed by atoms with E-state index in [1.165, 1.54) is 0 Å². The first kappa shape index (κ1) is 13.9. The molecule has 0 spiro atoms. The number of rotatable bonds is 8. The molecular weight excluding hydrogens is 176 g/mol. The van der Waals surface area contributed by atoms with Gasteiger partial charge in [-0.3, -0.25) is 0 Å². The highest BCUT2D eigenvalue weighted by atomic mass is 16.3. The van der Waals surface area contributed by atoms with E-state index in [9.17, 15) is 5.11 Å². The minimum Gasteiger partial charge on any atom is -0.396 e. The van der Waals surface area contributed by atoms with Crippen molar-refractivity contribution in [3.05, 3.63) is 0 Å². The molecule has 2 heteroatoms. The lowest BCUT2D eigenvalue weighted by molar-refractivity contribution is 0.0816. The summed E-state index contributed by atoms with van der Waals surface area (Å²) in [5.74, 6) is 0.989. The van der Waals surface area contributed by atoms with Crippen molar-refractivity contribution in [1.82, 2.24) is 0 Å². The van der Waals surface area contributed by atoms with Crippen LogP contribution in [0.15, 0.2) is 0 Å². The molecule has 0 bridgehead atoms. The zero-order valence-corrected chi connectivity index (χ0v) is 9.87. The van der Waals surface area contributed by atoms with Crippen molar-refractivity contribution < 1.29 is 10.2 Å². The van der Waals surface area contributed by atoms with E-state index in [-0.39, 0.29) is 12.7 Å². The van der Waals surface area contributed by atoms with Crippen LogP contribution in [-0.2, 0) is 0 Å². The fourth-order valence-corrected chi connectivity index (χ4v) is 2.03. The minimum absolute atomic E-state index is 0.159. The Kier molecular flexibility index (Phi) is 8.20. The van der Waals surface area contributed by atoms with Crippen molar-refractivity contribution in [1.29, 1.82) is 0 Å². The van der Waals surface area contributed by atoms with E-state index in [2.05, 4.69) is 13.8 Å². The van der Waals surface area contributed by atoms with Gasteiger partial charge in [0.15, 0.2) is 0 Å². The molecule has 0 saturated carbocycles. The normalized spacial score (nSPS) is 17.8. The Bertz CT molecular complexity index is 125. The molecule has 0 aliphatic carbocycles. The van der Waals surface area contributed by atoms with Crippen LogP contribution in [0.2, 0.25) is 0 Å². The third-order valence-electron chi connectivity index (χ3n) is 3.24. The zero-order chi connectivity index (χ0) is 11.0. The largest absolute Gasteiger partial charge is 0.396 e. The van der Waals surface area contributed by atoms with Gasteiger partial charge in [0.1, 0.15) is 0 Å². The first-order chi connectivity index (χ1) is 6.69. The number of hydrogen-bond acceptors (Lipinski definition) is 2. The number of hydrogen-bond donors (Lipinski definition) is 2. The summed E-state index contributed by atoms with van der Waals surface area (Å²) in [7, 11) is 0. The molecule has 0 fully saturated rings. The van der Waals surface area contributed by atoms with E-state index < -0.39 is 0 Å². The Hall–Kier alpha value is -0.0800. The molecular formula is C12H26O2. The summed E-state index contributed by atoms with van der Waals surface area (Å²) in [6.45, 7) is 6.60. The molecule has 0 rings (SSSR count). The molecule has 0 aliphatic rings. The van der Waals surface area contributed by atoms with Crippen LogP contribution in [0.1, 0.15) is 52.9 Å². The second kappa shape index (κ2) is 8.25. The van der Waals surface area contributed by atoms with Gasteiger partial charge in [0.2, 0.25) is 0 Å². The van der Waals surface area contributed by atoms with Gasteiger partial charge in [0, 0.05) is 6.61 Å². The van der Waals surface area contributed by atoms with Gasteiger partial charge < -0.3 is 10.2 Å². The van der Waals surface area contributed by atoms with Crippen LogP contribution in [0.25, 0.3) is 0 Å². The Morgan fingerprint density at radius 1 is 1.00 bits per heavy atom. The van der Waals surface area contributed by atoms with Gasteiger partial charge in [-0.25, -0.2) is 0 Å². The van der Waals surface area contributed by atoms with Gasteiger partial charge in [0.25, 0.3) is 0 Å². The topological polar surface area (TPSA) is 40.5 Å². The summed E-state index contributed by atoms with van der Waals surface area (Å²) in [6, 6.07) is 0. The van der Waals surface area contributed by atoms with Crippen LogP contribution in [0, 0.1) is 11.8 Å². The Labute approximate surface area is 88.3 Å². The van der Waals surface area contributed by atoms with E-state index >= 15 is 0 Å². The average molecular weight is 202 g/mol. The monoisotopic (exact) mass is 202 g/mol. The minimum atomic E-state index is -0.159. The molecule has 0 aliphatic heterocycles. The van der Waals surface area contributed by atoms with Crippen molar-refractivity contribution in [3.8, 4) is 0 Å². The van der Waals surface area contributed by atoms with Crippen molar-refractivity contribution >= 4 is 0 Å². The first-order valence-corrected chi connectivity index (χ1v) is 5.98. The summed E-state index contributed by atoms with van der Waals surface area (Å²) in [5.41, 5.74) is 0. The quantitative estimate of drug-likeness (QED) is 0.635. The number of aliphatic hydroxyl groups excluding tert-OH is 2. The Morgan fingerprint density at radius 2 is 1.64 bits per heavy atom. The summed E-state index contributed by atoms with van der Waals surface area (Å²) < 4.78 is 0.